The van der Waals surface area contributed by atoms with Crippen LogP contribution < -0.4 is 0 Å². The monoisotopic (exact) mass is 312 g/mol. The number of rotatable bonds is 6. The molecule has 0 amide bonds. The quantitative estimate of drug-likeness (QED) is 0.695. The zero-order chi connectivity index (χ0) is 15.8. The average Bonchev–Trinajstić information content (AvgIpc) is 2.75. The summed E-state index contributed by atoms with van der Waals surface area (Å²) in [6.07, 6.45) is -2.57. The second-order valence-electron chi connectivity index (χ2n) is 4.29. The molecule has 1 aliphatic rings. The number of hydrogen-bond donors (Lipinski definition) is 0. The molecule has 1 aliphatic heterocycles. The molecule has 0 fully saturated rings. The minimum Gasteiger partial charge on any atom is -0.359 e. The molecular weight excluding hydrogens is 300 g/mol. The Morgan fingerprint density at radius 1 is 1.00 bits per heavy atom. The maximum atomic E-state index is 13.3. The summed E-state index contributed by atoms with van der Waals surface area (Å²) in [7, 11) is 0. The number of alkyl halides is 8. The molecule has 0 aromatic rings. The first kappa shape index (κ1) is 16.8. The summed E-state index contributed by atoms with van der Waals surface area (Å²) < 4.78 is 102. The highest BCUT2D eigenvalue weighted by molar-refractivity contribution is 5.01. The average molecular weight is 312 g/mol. The summed E-state index contributed by atoms with van der Waals surface area (Å²) in [4.78, 5) is 2.10. The van der Waals surface area contributed by atoms with Crippen molar-refractivity contribution in [3.05, 3.63) is 12.4 Å². The Balaban J connectivity index is 2.85. The minimum absolute atomic E-state index is 0.206. The van der Waals surface area contributed by atoms with Crippen molar-refractivity contribution in [1.29, 1.82) is 0 Å². The van der Waals surface area contributed by atoms with Crippen LogP contribution in [0.2, 0.25) is 0 Å². The van der Waals surface area contributed by atoms with Crippen LogP contribution in [0.25, 0.3) is 0 Å². The third kappa shape index (κ3) is 2.78. The summed E-state index contributed by atoms with van der Waals surface area (Å²) in [5, 5.41) is 0. The van der Waals surface area contributed by atoms with E-state index in [0.29, 0.717) is 11.4 Å². The molecule has 0 atom stereocenters. The van der Waals surface area contributed by atoms with E-state index in [-0.39, 0.29) is 6.67 Å². The minimum atomic E-state index is -6.15. The Kier molecular flexibility index (Phi) is 4.45. The molecule has 0 radical (unpaired) electrons. The van der Waals surface area contributed by atoms with E-state index in [0.717, 1.165) is 6.20 Å². The lowest BCUT2D eigenvalue weighted by atomic mass is 10.0. The SMILES string of the molecule is CCN1C=CN(CC(F)(F)C(F)(F)C(F)(F)C(F)F)C1. The van der Waals surface area contributed by atoms with Gasteiger partial charge in [-0.2, -0.15) is 26.3 Å². The lowest BCUT2D eigenvalue weighted by Gasteiger charge is -2.34. The Bertz CT molecular complexity index is 368. The molecule has 0 unspecified atom stereocenters. The van der Waals surface area contributed by atoms with E-state index in [9.17, 15) is 35.1 Å². The molecule has 0 saturated carbocycles. The van der Waals surface area contributed by atoms with E-state index in [1.54, 1.807) is 6.92 Å². The fourth-order valence-corrected chi connectivity index (χ4v) is 1.56. The summed E-state index contributed by atoms with van der Waals surface area (Å²) >= 11 is 0. The van der Waals surface area contributed by atoms with Crippen LogP contribution in [0.3, 0.4) is 0 Å². The molecule has 118 valence electrons. The number of nitrogens with zero attached hydrogens (tertiary/aromatic N) is 2. The maximum absolute atomic E-state index is 13.3. The van der Waals surface area contributed by atoms with Crippen molar-refractivity contribution >= 4 is 0 Å². The second kappa shape index (κ2) is 5.28. The van der Waals surface area contributed by atoms with Crippen molar-refractivity contribution in [2.75, 3.05) is 19.8 Å². The van der Waals surface area contributed by atoms with Crippen LogP contribution in [0.4, 0.5) is 35.1 Å². The van der Waals surface area contributed by atoms with Gasteiger partial charge >= 0.3 is 24.2 Å². The van der Waals surface area contributed by atoms with Gasteiger partial charge in [0.05, 0.1) is 13.2 Å². The van der Waals surface area contributed by atoms with Crippen LogP contribution >= 0.6 is 0 Å². The topological polar surface area (TPSA) is 6.48 Å². The number of halogens is 8. The van der Waals surface area contributed by atoms with Crippen LogP contribution in [0.5, 0.6) is 0 Å². The van der Waals surface area contributed by atoms with Crippen molar-refractivity contribution in [2.45, 2.75) is 31.1 Å². The third-order valence-electron chi connectivity index (χ3n) is 2.81. The lowest BCUT2D eigenvalue weighted by Crippen LogP contribution is -2.60. The zero-order valence-corrected chi connectivity index (χ0v) is 10.3. The van der Waals surface area contributed by atoms with Gasteiger partial charge in [0.15, 0.2) is 0 Å². The molecule has 10 heteroatoms. The van der Waals surface area contributed by atoms with Crippen LogP contribution in [0.15, 0.2) is 12.4 Å². The smallest absolute Gasteiger partial charge is 0.359 e. The first-order valence-corrected chi connectivity index (χ1v) is 5.53. The fourth-order valence-electron chi connectivity index (χ4n) is 1.56. The van der Waals surface area contributed by atoms with Gasteiger partial charge in [-0.1, -0.05) is 0 Å². The largest absolute Gasteiger partial charge is 0.379 e. The van der Waals surface area contributed by atoms with Gasteiger partial charge in [0.1, 0.15) is 0 Å². The van der Waals surface area contributed by atoms with Crippen LogP contribution in [-0.4, -0.2) is 53.8 Å². The van der Waals surface area contributed by atoms with Crippen LogP contribution in [0, 0.1) is 0 Å². The zero-order valence-electron chi connectivity index (χ0n) is 10.3. The van der Waals surface area contributed by atoms with E-state index >= 15 is 0 Å². The number of hydrogen-bond acceptors (Lipinski definition) is 2. The van der Waals surface area contributed by atoms with E-state index in [1.807, 2.05) is 0 Å². The highest BCUT2D eigenvalue weighted by atomic mass is 19.4. The Labute approximate surface area is 109 Å². The first-order valence-electron chi connectivity index (χ1n) is 5.53. The molecule has 20 heavy (non-hydrogen) atoms. The van der Waals surface area contributed by atoms with Crippen molar-refractivity contribution in [3.63, 3.8) is 0 Å². The molecule has 0 saturated heterocycles. The highest BCUT2D eigenvalue weighted by Gasteiger charge is 2.75. The Hall–Kier alpha value is -1.22. The maximum Gasteiger partial charge on any atom is 0.379 e. The molecular formula is C10H12F8N2. The molecule has 0 aromatic carbocycles. The predicted molar refractivity (Wildman–Crippen MR) is 53.9 cm³/mol. The normalized spacial score (nSPS) is 17.5. The fraction of sp³-hybridized carbons (Fsp3) is 0.800. The van der Waals surface area contributed by atoms with Crippen LogP contribution in [-0.2, 0) is 0 Å². The third-order valence-corrected chi connectivity index (χ3v) is 2.81. The molecule has 0 bridgehead atoms. The van der Waals surface area contributed by atoms with E-state index in [1.165, 1.54) is 11.1 Å². The van der Waals surface area contributed by atoms with Gasteiger partial charge in [-0.15, -0.1) is 0 Å². The molecule has 1 heterocycles. The van der Waals surface area contributed by atoms with Gasteiger partial charge in [-0.3, -0.25) is 0 Å². The standard InChI is InChI=1S/C10H12F8N2/c1-2-19-3-4-20(6-19)5-8(13,14)10(17,18)9(15,16)7(11)12/h3-4,7H,2,5-6H2,1H3. The van der Waals surface area contributed by atoms with Crippen molar-refractivity contribution in [2.24, 2.45) is 0 Å². The van der Waals surface area contributed by atoms with Crippen LogP contribution in [0.1, 0.15) is 6.92 Å². The van der Waals surface area contributed by atoms with E-state index in [2.05, 4.69) is 0 Å². The second-order valence-corrected chi connectivity index (χ2v) is 4.29. The van der Waals surface area contributed by atoms with Crippen molar-refractivity contribution < 1.29 is 35.1 Å². The molecule has 0 spiro atoms. The Morgan fingerprint density at radius 2 is 1.50 bits per heavy atom. The van der Waals surface area contributed by atoms with Gasteiger partial charge in [0.2, 0.25) is 0 Å². The molecule has 0 aromatic heterocycles. The summed E-state index contributed by atoms with van der Waals surface area (Å²) in [5.74, 6) is -17.6. The first-order chi connectivity index (χ1) is 8.95. The summed E-state index contributed by atoms with van der Waals surface area (Å²) in [6, 6.07) is 0. The molecule has 1 rings (SSSR count). The van der Waals surface area contributed by atoms with Crippen molar-refractivity contribution in [1.82, 2.24) is 9.80 Å². The molecule has 0 N–H and O–H groups in total. The lowest BCUT2D eigenvalue weighted by molar-refractivity contribution is -0.339. The molecule has 0 aliphatic carbocycles. The van der Waals surface area contributed by atoms with Gasteiger partial charge in [-0.05, 0) is 6.92 Å². The highest BCUT2D eigenvalue weighted by Crippen LogP contribution is 2.48. The van der Waals surface area contributed by atoms with Crippen molar-refractivity contribution in [3.8, 4) is 0 Å². The van der Waals surface area contributed by atoms with Gasteiger partial charge in [0, 0.05) is 18.9 Å². The van der Waals surface area contributed by atoms with Gasteiger partial charge in [-0.25, -0.2) is 8.78 Å². The summed E-state index contributed by atoms with van der Waals surface area (Å²) in [6.45, 7) is 0.0609. The predicted octanol–water partition coefficient (Wildman–Crippen LogP) is 3.22. The summed E-state index contributed by atoms with van der Waals surface area (Å²) in [5.41, 5.74) is 0. The van der Waals surface area contributed by atoms with E-state index < -0.39 is 30.7 Å². The van der Waals surface area contributed by atoms with Gasteiger partial charge in [0.25, 0.3) is 0 Å². The molecule has 2 nitrogen and oxygen atoms in total. The Morgan fingerprint density at radius 3 is 1.90 bits per heavy atom. The van der Waals surface area contributed by atoms with E-state index in [4.69, 9.17) is 0 Å². The van der Waals surface area contributed by atoms with Gasteiger partial charge < -0.3 is 9.80 Å².